The monoisotopic (exact) mass is 382 g/mol. The predicted octanol–water partition coefficient (Wildman–Crippen LogP) is 3.43. The summed E-state index contributed by atoms with van der Waals surface area (Å²) in [6.45, 7) is 10.6. The minimum atomic E-state index is -0.244. The second-order valence-electron chi connectivity index (χ2n) is 7.21. The van der Waals surface area contributed by atoms with Crippen LogP contribution in [0.15, 0.2) is 39.3 Å². The van der Waals surface area contributed by atoms with Crippen LogP contribution in [-0.2, 0) is 6.54 Å². The van der Waals surface area contributed by atoms with E-state index in [0.717, 1.165) is 28.4 Å². The second-order valence-corrected chi connectivity index (χ2v) is 7.21. The van der Waals surface area contributed by atoms with Crippen molar-refractivity contribution >= 4 is 11.6 Å². The minimum absolute atomic E-state index is 0.210. The van der Waals surface area contributed by atoms with E-state index in [1.165, 1.54) is 0 Å². The molecule has 7 heteroatoms. The van der Waals surface area contributed by atoms with Crippen LogP contribution < -0.4 is 5.56 Å². The van der Waals surface area contributed by atoms with Crippen LogP contribution in [0.3, 0.4) is 0 Å². The number of fused-ring (bicyclic) bond motifs is 1. The number of imidazole rings is 1. The summed E-state index contributed by atoms with van der Waals surface area (Å²) in [7, 11) is 1.71. The molecular formula is C21H26N4O3. The van der Waals surface area contributed by atoms with Crippen LogP contribution in [-0.4, -0.2) is 38.4 Å². The molecule has 0 saturated carbocycles. The summed E-state index contributed by atoms with van der Waals surface area (Å²) in [6.07, 6.45) is 5.44. The van der Waals surface area contributed by atoms with Gasteiger partial charge in [0.05, 0.1) is 5.69 Å². The van der Waals surface area contributed by atoms with E-state index in [9.17, 15) is 9.59 Å². The number of allylic oxidation sites excluding steroid dienone is 2. The molecule has 0 atom stereocenters. The van der Waals surface area contributed by atoms with Crippen LogP contribution >= 0.6 is 0 Å². The SMILES string of the molecule is CCN(C)C(=O)c1cn2cc(-c3cc(C)oc3C)n(CC=C(C)C)c(=O)c2n1. The maximum absolute atomic E-state index is 13.2. The quantitative estimate of drug-likeness (QED) is 0.634. The summed E-state index contributed by atoms with van der Waals surface area (Å²) in [5.41, 5.74) is 2.94. The smallest absolute Gasteiger partial charge is 0.295 e. The Kier molecular flexibility index (Phi) is 5.27. The van der Waals surface area contributed by atoms with E-state index in [1.807, 2.05) is 53.0 Å². The highest BCUT2D eigenvalue weighted by Crippen LogP contribution is 2.26. The number of hydrogen-bond donors (Lipinski definition) is 0. The molecule has 3 rings (SSSR count). The molecule has 28 heavy (non-hydrogen) atoms. The Morgan fingerprint density at radius 3 is 2.57 bits per heavy atom. The van der Waals surface area contributed by atoms with Gasteiger partial charge >= 0.3 is 0 Å². The van der Waals surface area contributed by atoms with Crippen LogP contribution in [0.5, 0.6) is 0 Å². The summed E-state index contributed by atoms with van der Waals surface area (Å²) < 4.78 is 8.98. The lowest BCUT2D eigenvalue weighted by molar-refractivity contribution is 0.0797. The molecule has 0 aliphatic heterocycles. The van der Waals surface area contributed by atoms with Gasteiger partial charge in [0.25, 0.3) is 11.5 Å². The number of amides is 1. The Hall–Kier alpha value is -3.09. The molecule has 0 N–H and O–H groups in total. The summed E-state index contributed by atoms with van der Waals surface area (Å²) in [6, 6.07) is 1.92. The average Bonchev–Trinajstić information content (AvgIpc) is 3.22. The number of carbonyl (C=O) groups is 1. The number of rotatable bonds is 5. The third kappa shape index (κ3) is 3.52. The molecule has 0 spiro atoms. The summed E-state index contributed by atoms with van der Waals surface area (Å²) in [5.74, 6) is 1.31. The Morgan fingerprint density at radius 2 is 2.00 bits per heavy atom. The highest BCUT2D eigenvalue weighted by Gasteiger charge is 2.20. The Labute approximate surface area is 163 Å². The molecule has 0 aliphatic rings. The highest BCUT2D eigenvalue weighted by atomic mass is 16.3. The highest BCUT2D eigenvalue weighted by molar-refractivity contribution is 5.92. The van der Waals surface area contributed by atoms with Crippen LogP contribution in [0.4, 0.5) is 0 Å². The fourth-order valence-corrected chi connectivity index (χ4v) is 3.08. The summed E-state index contributed by atoms with van der Waals surface area (Å²) >= 11 is 0. The van der Waals surface area contributed by atoms with E-state index >= 15 is 0 Å². The van der Waals surface area contributed by atoms with Crippen LogP contribution in [0.25, 0.3) is 16.9 Å². The number of furan rings is 1. The van der Waals surface area contributed by atoms with Crippen LogP contribution in [0.1, 0.15) is 42.8 Å². The van der Waals surface area contributed by atoms with E-state index in [2.05, 4.69) is 4.98 Å². The Bertz CT molecular complexity index is 1130. The van der Waals surface area contributed by atoms with Crippen molar-refractivity contribution in [3.05, 3.63) is 57.7 Å². The number of carbonyl (C=O) groups excluding carboxylic acids is 1. The average molecular weight is 382 g/mol. The molecule has 3 heterocycles. The normalized spacial score (nSPS) is 11.1. The van der Waals surface area contributed by atoms with Gasteiger partial charge in [-0.2, -0.15) is 0 Å². The van der Waals surface area contributed by atoms with E-state index in [0.29, 0.717) is 13.1 Å². The first-order valence-electron chi connectivity index (χ1n) is 9.31. The van der Waals surface area contributed by atoms with Crippen molar-refractivity contribution in [3.63, 3.8) is 0 Å². The first-order chi connectivity index (χ1) is 13.2. The van der Waals surface area contributed by atoms with Crippen molar-refractivity contribution in [3.8, 4) is 11.3 Å². The minimum Gasteiger partial charge on any atom is -0.466 e. The summed E-state index contributed by atoms with van der Waals surface area (Å²) in [4.78, 5) is 31.6. The lowest BCUT2D eigenvalue weighted by Gasteiger charge is -2.11. The lowest BCUT2D eigenvalue weighted by atomic mass is 10.1. The third-order valence-corrected chi connectivity index (χ3v) is 4.76. The molecule has 3 aromatic heterocycles. The molecule has 0 fully saturated rings. The predicted molar refractivity (Wildman–Crippen MR) is 109 cm³/mol. The number of nitrogens with zero attached hydrogens (tertiary/aromatic N) is 4. The summed E-state index contributed by atoms with van der Waals surface area (Å²) in [5, 5.41) is 0. The molecule has 0 radical (unpaired) electrons. The van der Waals surface area contributed by atoms with Gasteiger partial charge in [-0.05, 0) is 40.7 Å². The zero-order valence-corrected chi connectivity index (χ0v) is 17.2. The van der Waals surface area contributed by atoms with Crippen molar-refractivity contribution in [2.75, 3.05) is 13.6 Å². The maximum atomic E-state index is 13.2. The maximum Gasteiger partial charge on any atom is 0.295 e. The first-order valence-corrected chi connectivity index (χ1v) is 9.31. The van der Waals surface area contributed by atoms with Gasteiger partial charge in [0, 0.05) is 38.1 Å². The first kappa shape index (κ1) is 19.7. The fraction of sp³-hybridized carbons (Fsp3) is 0.381. The fourth-order valence-electron chi connectivity index (χ4n) is 3.08. The van der Waals surface area contributed by atoms with Gasteiger partial charge < -0.3 is 9.32 Å². The van der Waals surface area contributed by atoms with E-state index in [1.54, 1.807) is 27.1 Å². The van der Waals surface area contributed by atoms with Gasteiger partial charge in [0.2, 0.25) is 5.65 Å². The molecule has 0 unspecified atom stereocenters. The van der Waals surface area contributed by atoms with Gasteiger partial charge in [-0.25, -0.2) is 4.98 Å². The van der Waals surface area contributed by atoms with Gasteiger partial charge in [-0.15, -0.1) is 0 Å². The topological polar surface area (TPSA) is 72.8 Å². The zero-order chi connectivity index (χ0) is 20.6. The van der Waals surface area contributed by atoms with Crippen molar-refractivity contribution in [1.82, 2.24) is 18.9 Å². The molecule has 0 aromatic carbocycles. The Balaban J connectivity index is 2.27. The third-order valence-electron chi connectivity index (χ3n) is 4.76. The molecule has 0 aliphatic carbocycles. The lowest BCUT2D eigenvalue weighted by Crippen LogP contribution is -2.26. The zero-order valence-electron chi connectivity index (χ0n) is 17.2. The van der Waals surface area contributed by atoms with Crippen molar-refractivity contribution in [2.45, 2.75) is 41.2 Å². The van der Waals surface area contributed by atoms with E-state index in [4.69, 9.17) is 4.42 Å². The van der Waals surface area contributed by atoms with Crippen molar-refractivity contribution < 1.29 is 9.21 Å². The van der Waals surface area contributed by atoms with E-state index < -0.39 is 0 Å². The van der Waals surface area contributed by atoms with Crippen LogP contribution in [0.2, 0.25) is 0 Å². The van der Waals surface area contributed by atoms with Crippen LogP contribution in [0, 0.1) is 13.8 Å². The van der Waals surface area contributed by atoms with Gasteiger partial charge in [0.1, 0.15) is 17.2 Å². The van der Waals surface area contributed by atoms with Gasteiger partial charge in [-0.3, -0.25) is 18.6 Å². The Morgan fingerprint density at radius 1 is 1.29 bits per heavy atom. The van der Waals surface area contributed by atoms with Gasteiger partial charge in [0.15, 0.2) is 0 Å². The van der Waals surface area contributed by atoms with E-state index in [-0.39, 0.29) is 22.8 Å². The number of hydrogen-bond acceptors (Lipinski definition) is 4. The molecule has 148 valence electrons. The number of aryl methyl sites for hydroxylation is 2. The van der Waals surface area contributed by atoms with Gasteiger partial charge in [-0.1, -0.05) is 11.6 Å². The molecule has 7 nitrogen and oxygen atoms in total. The molecule has 3 aromatic rings. The molecule has 1 amide bonds. The standard InChI is InChI=1S/C21H26N4O3/c1-7-23(6)20(26)17-11-24-12-18(16-10-14(4)28-15(16)5)25(9-8-13(2)3)21(27)19(24)22-17/h8,10-12H,7,9H2,1-6H3. The van der Waals surface area contributed by atoms with Crippen molar-refractivity contribution in [1.29, 1.82) is 0 Å². The second kappa shape index (κ2) is 7.50. The molecule has 0 bridgehead atoms. The molecular weight excluding hydrogens is 356 g/mol. The number of aromatic nitrogens is 3. The molecule has 0 saturated heterocycles. The van der Waals surface area contributed by atoms with Crippen molar-refractivity contribution in [2.24, 2.45) is 0 Å². The largest absolute Gasteiger partial charge is 0.466 e.